The third-order valence-corrected chi connectivity index (χ3v) is 4.65. The van der Waals surface area contributed by atoms with Crippen LogP contribution < -0.4 is 5.32 Å². The van der Waals surface area contributed by atoms with Gasteiger partial charge in [-0.2, -0.15) is 0 Å². The predicted octanol–water partition coefficient (Wildman–Crippen LogP) is 3.83. The number of alkyl halides is 1. The first-order chi connectivity index (χ1) is 9.06. The number of carbonyl (C=O) groups excluding carboxylic acids is 1. The summed E-state index contributed by atoms with van der Waals surface area (Å²) in [5.41, 5.74) is -0.0330. The van der Waals surface area contributed by atoms with Crippen molar-refractivity contribution in [1.82, 2.24) is 5.32 Å². The first-order valence-electron chi connectivity index (χ1n) is 6.43. The Kier molecular flexibility index (Phi) is 4.74. The van der Waals surface area contributed by atoms with Gasteiger partial charge in [0.05, 0.1) is 11.1 Å². The van der Waals surface area contributed by atoms with Gasteiger partial charge in [0.15, 0.2) is 0 Å². The average Bonchev–Trinajstić information content (AvgIpc) is 2.39. The summed E-state index contributed by atoms with van der Waals surface area (Å²) in [5.74, 6) is 0.135. The third-order valence-electron chi connectivity index (χ3n) is 3.65. The van der Waals surface area contributed by atoms with Gasteiger partial charge in [0.25, 0.3) is 5.91 Å². The highest BCUT2D eigenvalue weighted by Crippen LogP contribution is 2.30. The van der Waals surface area contributed by atoms with Crippen molar-refractivity contribution in [1.29, 1.82) is 0 Å². The van der Waals surface area contributed by atoms with E-state index in [1.54, 1.807) is 12.1 Å². The fourth-order valence-electron chi connectivity index (χ4n) is 2.53. The van der Waals surface area contributed by atoms with Crippen LogP contribution in [0.1, 0.15) is 42.5 Å². The van der Waals surface area contributed by atoms with E-state index in [2.05, 4.69) is 21.2 Å². The Morgan fingerprint density at radius 2 is 2.05 bits per heavy atom. The van der Waals surface area contributed by atoms with Crippen molar-refractivity contribution in [3.05, 3.63) is 28.2 Å². The molecule has 5 heteroatoms. The lowest BCUT2D eigenvalue weighted by Gasteiger charge is -2.36. The first kappa shape index (κ1) is 14.7. The average molecular weight is 347 g/mol. The normalized spacial score (nSPS) is 18.0. The largest absolute Gasteiger partial charge is 0.507 e. The maximum Gasteiger partial charge on any atom is 0.255 e. The van der Waals surface area contributed by atoms with Crippen LogP contribution in [-0.4, -0.2) is 22.4 Å². The second-order valence-electron chi connectivity index (χ2n) is 5.09. The number of hydrogen-bond acceptors (Lipinski definition) is 2. The second kappa shape index (κ2) is 6.14. The first-order valence-corrected chi connectivity index (χ1v) is 7.76. The highest BCUT2D eigenvalue weighted by Gasteiger charge is 2.33. The Morgan fingerprint density at radius 1 is 1.37 bits per heavy atom. The predicted molar refractivity (Wildman–Crippen MR) is 79.8 cm³/mol. The zero-order valence-electron chi connectivity index (χ0n) is 10.6. The molecule has 1 aliphatic carbocycles. The number of amides is 1. The number of aromatic hydroxyl groups is 1. The second-order valence-corrected chi connectivity index (χ2v) is 6.27. The van der Waals surface area contributed by atoms with Crippen LogP contribution in [0.3, 0.4) is 0 Å². The fraction of sp³-hybridized carbons (Fsp3) is 0.500. The number of hydrogen-bond donors (Lipinski definition) is 2. The molecule has 1 saturated carbocycles. The van der Waals surface area contributed by atoms with Gasteiger partial charge in [0.1, 0.15) is 5.75 Å². The molecule has 0 unspecified atom stereocenters. The van der Waals surface area contributed by atoms with Crippen molar-refractivity contribution in [3.63, 3.8) is 0 Å². The van der Waals surface area contributed by atoms with E-state index in [0.717, 1.165) is 30.2 Å². The van der Waals surface area contributed by atoms with Crippen molar-refractivity contribution in [2.45, 2.75) is 37.6 Å². The zero-order valence-corrected chi connectivity index (χ0v) is 12.9. The van der Waals surface area contributed by atoms with Gasteiger partial charge in [-0.1, -0.05) is 35.2 Å². The van der Waals surface area contributed by atoms with Gasteiger partial charge in [-0.15, -0.1) is 11.6 Å². The Labute approximate surface area is 126 Å². The smallest absolute Gasteiger partial charge is 0.255 e. The van der Waals surface area contributed by atoms with E-state index in [-0.39, 0.29) is 17.2 Å². The molecule has 3 nitrogen and oxygen atoms in total. The molecule has 0 saturated heterocycles. The maximum atomic E-state index is 12.3. The molecule has 0 aromatic heterocycles. The van der Waals surface area contributed by atoms with Crippen LogP contribution in [0.4, 0.5) is 0 Å². The molecule has 0 radical (unpaired) electrons. The molecule has 19 heavy (non-hydrogen) atoms. The van der Waals surface area contributed by atoms with E-state index in [0.29, 0.717) is 11.4 Å². The standard InChI is InChI=1S/C14H17BrClNO2/c15-10-4-5-11(12(18)8-10)13(19)17-14(9-16)6-2-1-3-7-14/h4-5,8,18H,1-3,6-7,9H2,(H,17,19). The molecule has 1 aromatic rings. The molecule has 0 spiro atoms. The molecular weight excluding hydrogens is 330 g/mol. The Hall–Kier alpha value is -0.740. The zero-order chi connectivity index (χ0) is 13.9. The van der Waals surface area contributed by atoms with E-state index < -0.39 is 0 Å². The molecule has 0 aliphatic heterocycles. The molecule has 2 rings (SSSR count). The van der Waals surface area contributed by atoms with Gasteiger partial charge in [0, 0.05) is 10.4 Å². The van der Waals surface area contributed by atoms with Crippen molar-refractivity contribution in [3.8, 4) is 5.75 Å². The van der Waals surface area contributed by atoms with E-state index in [1.807, 2.05) is 0 Å². The summed E-state index contributed by atoms with van der Waals surface area (Å²) in [6.07, 6.45) is 5.16. The summed E-state index contributed by atoms with van der Waals surface area (Å²) < 4.78 is 0.742. The summed E-state index contributed by atoms with van der Waals surface area (Å²) in [6.45, 7) is 0. The summed E-state index contributed by atoms with van der Waals surface area (Å²) in [7, 11) is 0. The van der Waals surface area contributed by atoms with Gasteiger partial charge in [0.2, 0.25) is 0 Å². The molecule has 0 bridgehead atoms. The highest BCUT2D eigenvalue weighted by molar-refractivity contribution is 9.10. The molecule has 0 atom stereocenters. The monoisotopic (exact) mass is 345 g/mol. The molecule has 0 heterocycles. The van der Waals surface area contributed by atoms with Crippen LogP contribution in [0.2, 0.25) is 0 Å². The summed E-state index contributed by atoms with van der Waals surface area (Å²) in [5, 5.41) is 12.8. The molecule has 2 N–H and O–H groups in total. The minimum absolute atomic E-state index is 0.0209. The number of rotatable bonds is 3. The van der Waals surface area contributed by atoms with Gasteiger partial charge in [-0.25, -0.2) is 0 Å². The van der Waals surface area contributed by atoms with Crippen molar-refractivity contribution in [2.75, 3.05) is 5.88 Å². The number of benzene rings is 1. The Bertz CT molecular complexity index is 473. The van der Waals surface area contributed by atoms with Crippen molar-refractivity contribution >= 4 is 33.4 Å². The lowest BCUT2D eigenvalue weighted by molar-refractivity contribution is 0.0882. The molecule has 1 fully saturated rings. The van der Waals surface area contributed by atoms with Crippen LogP contribution in [0.25, 0.3) is 0 Å². The van der Waals surface area contributed by atoms with Gasteiger partial charge < -0.3 is 10.4 Å². The number of carbonyl (C=O) groups is 1. The highest BCUT2D eigenvalue weighted by atomic mass is 79.9. The quantitative estimate of drug-likeness (QED) is 0.817. The third kappa shape index (κ3) is 3.42. The SMILES string of the molecule is O=C(NC1(CCl)CCCCC1)c1ccc(Br)cc1O. The van der Waals surface area contributed by atoms with Crippen molar-refractivity contribution in [2.24, 2.45) is 0 Å². The van der Waals surface area contributed by atoms with Crippen molar-refractivity contribution < 1.29 is 9.90 Å². The van der Waals surface area contributed by atoms with Crippen LogP contribution in [0, 0.1) is 0 Å². The Morgan fingerprint density at radius 3 is 2.63 bits per heavy atom. The molecule has 1 aromatic carbocycles. The van der Waals surface area contributed by atoms with E-state index in [1.165, 1.54) is 12.5 Å². The number of nitrogens with one attached hydrogen (secondary N) is 1. The molecule has 104 valence electrons. The van der Waals surface area contributed by atoms with E-state index >= 15 is 0 Å². The lowest BCUT2D eigenvalue weighted by Crippen LogP contribution is -2.51. The summed E-state index contributed by atoms with van der Waals surface area (Å²) in [4.78, 5) is 12.3. The minimum Gasteiger partial charge on any atom is -0.507 e. The van der Waals surface area contributed by atoms with Crippen LogP contribution in [-0.2, 0) is 0 Å². The van der Waals surface area contributed by atoms with Crippen LogP contribution in [0.15, 0.2) is 22.7 Å². The van der Waals surface area contributed by atoms with Gasteiger partial charge in [-0.05, 0) is 31.0 Å². The minimum atomic E-state index is -0.323. The number of phenolic OH excluding ortho intramolecular Hbond substituents is 1. The van der Waals surface area contributed by atoms with Crippen LogP contribution in [0.5, 0.6) is 5.75 Å². The molecule has 1 aliphatic rings. The van der Waals surface area contributed by atoms with Crippen LogP contribution >= 0.6 is 27.5 Å². The summed E-state index contributed by atoms with van der Waals surface area (Å²) in [6, 6.07) is 4.87. The Balaban J connectivity index is 2.15. The topological polar surface area (TPSA) is 49.3 Å². The number of phenols is 1. The molecule has 1 amide bonds. The molecular formula is C14H17BrClNO2. The fourth-order valence-corrected chi connectivity index (χ4v) is 3.21. The van der Waals surface area contributed by atoms with Gasteiger partial charge >= 0.3 is 0 Å². The lowest BCUT2D eigenvalue weighted by atomic mass is 9.83. The van der Waals surface area contributed by atoms with E-state index in [9.17, 15) is 9.90 Å². The number of halogens is 2. The summed E-state index contributed by atoms with van der Waals surface area (Å²) >= 11 is 9.30. The van der Waals surface area contributed by atoms with Gasteiger partial charge in [-0.3, -0.25) is 4.79 Å². The van der Waals surface area contributed by atoms with E-state index in [4.69, 9.17) is 11.6 Å². The maximum absolute atomic E-state index is 12.3.